The number of rotatable bonds is 7. The number of thioether (sulfide) groups is 2. The Hall–Kier alpha value is -0.570. The number of benzene rings is 1. The molecule has 0 aliphatic rings. The summed E-state index contributed by atoms with van der Waals surface area (Å²) in [4.78, 5) is 11.9. The van der Waals surface area contributed by atoms with Crippen molar-refractivity contribution in [3.05, 3.63) is 28.7 Å². The first-order chi connectivity index (χ1) is 10.2. The molecule has 0 saturated heterocycles. The van der Waals surface area contributed by atoms with Crippen LogP contribution in [0, 0.1) is 0 Å². The van der Waals surface area contributed by atoms with Gasteiger partial charge in [0, 0.05) is 15.9 Å². The van der Waals surface area contributed by atoms with Gasteiger partial charge >= 0.3 is 0 Å². The van der Waals surface area contributed by atoms with Crippen LogP contribution in [0.3, 0.4) is 0 Å². The van der Waals surface area contributed by atoms with E-state index in [1.807, 2.05) is 24.3 Å². The third kappa shape index (κ3) is 5.98. The summed E-state index contributed by atoms with van der Waals surface area (Å²) in [6, 6.07) is 7.50. The van der Waals surface area contributed by atoms with Crippen LogP contribution in [0.25, 0.3) is 0 Å². The largest absolute Gasteiger partial charge is 0.325 e. The van der Waals surface area contributed by atoms with Gasteiger partial charge in [0.05, 0.1) is 5.75 Å². The maximum Gasteiger partial charge on any atom is 0.234 e. The number of carbonyl (C=O) groups excluding carboxylic acids is 1. The predicted molar refractivity (Wildman–Crippen MR) is 94.4 cm³/mol. The second-order valence-electron chi connectivity index (χ2n) is 4.03. The molecule has 1 aromatic carbocycles. The third-order valence-corrected chi connectivity index (χ3v) is 6.20. The van der Waals surface area contributed by atoms with E-state index in [-0.39, 0.29) is 5.91 Å². The zero-order valence-corrected chi connectivity index (χ0v) is 15.4. The average molecular weight is 404 g/mol. The highest BCUT2D eigenvalue weighted by Crippen LogP contribution is 2.29. The average Bonchev–Trinajstić information content (AvgIpc) is 2.93. The van der Waals surface area contributed by atoms with Gasteiger partial charge < -0.3 is 5.32 Å². The lowest BCUT2D eigenvalue weighted by atomic mass is 10.3. The first-order valence-electron chi connectivity index (χ1n) is 6.32. The fourth-order valence-corrected chi connectivity index (χ4v) is 4.37. The summed E-state index contributed by atoms with van der Waals surface area (Å²) in [6.45, 7) is 2.14. The number of halogens is 1. The summed E-state index contributed by atoms with van der Waals surface area (Å²) in [5.74, 6) is 1.34. The van der Waals surface area contributed by atoms with Gasteiger partial charge in [-0.15, -0.1) is 10.2 Å². The number of carbonyl (C=O) groups is 1. The standard InChI is InChI=1S/C13H14BrN3OS3/c1-2-7-19-12-16-17-13(21-12)20-8-11(18)15-10-5-3-9(14)4-6-10/h3-6H,2,7-8H2,1H3,(H,15,18). The monoisotopic (exact) mass is 403 g/mol. The van der Waals surface area contributed by atoms with E-state index in [1.165, 1.54) is 11.8 Å². The predicted octanol–water partition coefficient (Wildman–Crippen LogP) is 4.53. The highest BCUT2D eigenvalue weighted by atomic mass is 79.9. The van der Waals surface area contributed by atoms with Crippen LogP contribution in [-0.2, 0) is 4.79 Å². The van der Waals surface area contributed by atoms with Gasteiger partial charge in [0.2, 0.25) is 5.91 Å². The van der Waals surface area contributed by atoms with Gasteiger partial charge in [-0.1, -0.05) is 57.7 Å². The van der Waals surface area contributed by atoms with Gasteiger partial charge in [-0.2, -0.15) is 0 Å². The molecule has 1 amide bonds. The van der Waals surface area contributed by atoms with E-state index in [9.17, 15) is 4.79 Å². The minimum atomic E-state index is -0.0414. The fraction of sp³-hybridized carbons (Fsp3) is 0.308. The molecule has 0 spiro atoms. The molecule has 8 heteroatoms. The molecule has 0 bridgehead atoms. The van der Waals surface area contributed by atoms with Crippen LogP contribution in [0.5, 0.6) is 0 Å². The summed E-state index contributed by atoms with van der Waals surface area (Å²) >= 11 is 8.02. The Morgan fingerprint density at radius 1 is 1.24 bits per heavy atom. The molecule has 0 aliphatic heterocycles. The van der Waals surface area contributed by atoms with Gasteiger partial charge in [-0.05, 0) is 30.7 Å². The number of nitrogens with one attached hydrogen (secondary N) is 1. The Bertz CT molecular complexity index is 589. The third-order valence-electron chi connectivity index (χ3n) is 2.27. The van der Waals surface area contributed by atoms with Crippen molar-refractivity contribution in [1.29, 1.82) is 0 Å². The van der Waals surface area contributed by atoms with E-state index < -0.39 is 0 Å². The molecule has 21 heavy (non-hydrogen) atoms. The zero-order chi connectivity index (χ0) is 15.1. The van der Waals surface area contributed by atoms with Crippen LogP contribution >= 0.6 is 50.8 Å². The van der Waals surface area contributed by atoms with E-state index in [0.717, 1.165) is 31.0 Å². The Kier molecular flexibility index (Phi) is 7.01. The maximum absolute atomic E-state index is 11.9. The molecule has 0 saturated carbocycles. The summed E-state index contributed by atoms with van der Waals surface area (Å²) in [5.41, 5.74) is 0.792. The van der Waals surface area contributed by atoms with Crippen molar-refractivity contribution in [3.63, 3.8) is 0 Å². The minimum Gasteiger partial charge on any atom is -0.325 e. The van der Waals surface area contributed by atoms with E-state index in [0.29, 0.717) is 5.75 Å². The van der Waals surface area contributed by atoms with E-state index in [4.69, 9.17) is 0 Å². The van der Waals surface area contributed by atoms with Gasteiger partial charge in [0.15, 0.2) is 8.68 Å². The number of nitrogens with zero attached hydrogens (tertiary/aromatic N) is 2. The number of hydrogen-bond acceptors (Lipinski definition) is 6. The summed E-state index contributed by atoms with van der Waals surface area (Å²) in [7, 11) is 0. The van der Waals surface area contributed by atoms with E-state index in [1.54, 1.807) is 23.1 Å². The second kappa shape index (κ2) is 8.77. The van der Waals surface area contributed by atoms with Crippen LogP contribution in [-0.4, -0.2) is 27.6 Å². The van der Waals surface area contributed by atoms with Gasteiger partial charge in [0.25, 0.3) is 0 Å². The summed E-state index contributed by atoms with van der Waals surface area (Å²) in [6.07, 6.45) is 1.11. The van der Waals surface area contributed by atoms with Crippen molar-refractivity contribution >= 4 is 62.4 Å². The Labute approximate surface area is 144 Å². The number of hydrogen-bond donors (Lipinski definition) is 1. The lowest BCUT2D eigenvalue weighted by Crippen LogP contribution is -2.13. The van der Waals surface area contributed by atoms with Crippen molar-refractivity contribution in [3.8, 4) is 0 Å². The molecule has 112 valence electrons. The lowest BCUT2D eigenvalue weighted by molar-refractivity contribution is -0.113. The van der Waals surface area contributed by atoms with Crippen molar-refractivity contribution in [2.75, 3.05) is 16.8 Å². The van der Waals surface area contributed by atoms with Crippen LogP contribution in [0.2, 0.25) is 0 Å². The topological polar surface area (TPSA) is 54.9 Å². The quantitative estimate of drug-likeness (QED) is 0.687. The van der Waals surface area contributed by atoms with Crippen molar-refractivity contribution < 1.29 is 4.79 Å². The summed E-state index contributed by atoms with van der Waals surface area (Å²) in [5, 5.41) is 11.0. The molecule has 0 atom stereocenters. The maximum atomic E-state index is 11.9. The molecular weight excluding hydrogens is 390 g/mol. The SMILES string of the molecule is CCCSc1nnc(SCC(=O)Nc2ccc(Br)cc2)s1. The molecule has 2 aromatic rings. The molecule has 0 radical (unpaired) electrons. The fourth-order valence-electron chi connectivity index (χ4n) is 1.36. The van der Waals surface area contributed by atoms with E-state index in [2.05, 4.69) is 38.4 Å². The normalized spacial score (nSPS) is 10.6. The van der Waals surface area contributed by atoms with Crippen LogP contribution in [0.4, 0.5) is 5.69 Å². The van der Waals surface area contributed by atoms with Gasteiger partial charge in [-0.3, -0.25) is 4.79 Å². The molecule has 1 N–H and O–H groups in total. The van der Waals surface area contributed by atoms with Gasteiger partial charge in [-0.25, -0.2) is 0 Å². The highest BCUT2D eigenvalue weighted by molar-refractivity contribution is 9.10. The molecule has 2 rings (SSSR count). The molecule has 1 heterocycles. The minimum absolute atomic E-state index is 0.0414. The first kappa shape index (κ1) is 16.8. The van der Waals surface area contributed by atoms with Crippen molar-refractivity contribution in [2.45, 2.75) is 22.0 Å². The molecule has 0 unspecified atom stereocenters. The first-order valence-corrected chi connectivity index (χ1v) is 9.90. The molecule has 0 aliphatic carbocycles. The van der Waals surface area contributed by atoms with Crippen LogP contribution in [0.1, 0.15) is 13.3 Å². The number of anilines is 1. The summed E-state index contributed by atoms with van der Waals surface area (Å²) < 4.78 is 2.79. The number of aromatic nitrogens is 2. The number of amides is 1. The molecule has 0 fully saturated rings. The van der Waals surface area contributed by atoms with Crippen LogP contribution in [0.15, 0.2) is 37.4 Å². The Balaban J connectivity index is 1.78. The molecular formula is C13H14BrN3OS3. The Morgan fingerprint density at radius 2 is 1.90 bits per heavy atom. The van der Waals surface area contributed by atoms with Crippen molar-refractivity contribution in [2.24, 2.45) is 0 Å². The smallest absolute Gasteiger partial charge is 0.234 e. The van der Waals surface area contributed by atoms with Crippen molar-refractivity contribution in [1.82, 2.24) is 10.2 Å². The zero-order valence-electron chi connectivity index (χ0n) is 11.3. The molecule has 1 aromatic heterocycles. The highest BCUT2D eigenvalue weighted by Gasteiger charge is 2.08. The van der Waals surface area contributed by atoms with E-state index >= 15 is 0 Å². The van der Waals surface area contributed by atoms with Crippen LogP contribution < -0.4 is 5.32 Å². The Morgan fingerprint density at radius 3 is 2.57 bits per heavy atom. The second-order valence-corrected chi connectivity index (χ2v) is 8.48. The van der Waals surface area contributed by atoms with Gasteiger partial charge in [0.1, 0.15) is 0 Å². The molecule has 4 nitrogen and oxygen atoms in total. The lowest BCUT2D eigenvalue weighted by Gasteiger charge is -2.03.